The number of para-hydroxylation sites is 1. The Morgan fingerprint density at radius 3 is 3.04 bits per heavy atom. The Kier molecular flexibility index (Phi) is 3.74. The molecule has 1 N–H and O–H groups in total. The minimum absolute atomic E-state index is 0.0404. The lowest BCUT2D eigenvalue weighted by Gasteiger charge is -2.20. The highest BCUT2D eigenvalue weighted by Crippen LogP contribution is 2.34. The van der Waals surface area contributed by atoms with Crippen LogP contribution in [0.5, 0.6) is 0 Å². The van der Waals surface area contributed by atoms with Crippen LogP contribution in [0.2, 0.25) is 0 Å². The molecule has 0 spiro atoms. The van der Waals surface area contributed by atoms with Crippen molar-refractivity contribution in [1.82, 2.24) is 20.4 Å². The average Bonchev–Trinajstić information content (AvgIpc) is 3.07. The Hall–Kier alpha value is -2.67. The van der Waals surface area contributed by atoms with E-state index in [-0.39, 0.29) is 23.8 Å². The molecule has 5 rings (SSSR count). The summed E-state index contributed by atoms with van der Waals surface area (Å²) in [5.74, 6) is 0.414. The van der Waals surface area contributed by atoms with E-state index < -0.39 is 0 Å². The summed E-state index contributed by atoms with van der Waals surface area (Å²) in [6, 6.07) is 8.36. The molecule has 2 aliphatic rings. The SMILES string of the molecule is O=C(NC1CC1)c1noc([C@H]2CCCN2Cc2coc3ccccc23)n1. The lowest BCUT2D eigenvalue weighted by Crippen LogP contribution is -2.27. The standard InChI is InChI=1S/C19H20N4O3/c24-18(20-13-7-8-13)17-21-19(26-22-17)15-5-3-9-23(15)10-12-11-25-16-6-2-1-4-14(12)16/h1-2,4,6,11,13,15H,3,5,7-10H2,(H,20,24)/t15-/m1/s1. The van der Waals surface area contributed by atoms with Crippen LogP contribution in [0.1, 0.15) is 53.8 Å². The summed E-state index contributed by atoms with van der Waals surface area (Å²) >= 11 is 0. The zero-order chi connectivity index (χ0) is 17.5. The van der Waals surface area contributed by atoms with Gasteiger partial charge in [-0.1, -0.05) is 23.4 Å². The molecule has 1 saturated heterocycles. The van der Waals surface area contributed by atoms with Crippen molar-refractivity contribution in [3.8, 4) is 0 Å². The fraction of sp³-hybridized carbons (Fsp3) is 0.421. The zero-order valence-electron chi connectivity index (χ0n) is 14.4. The Balaban J connectivity index is 1.34. The van der Waals surface area contributed by atoms with Gasteiger partial charge in [0.2, 0.25) is 5.89 Å². The number of carbonyl (C=O) groups is 1. The summed E-state index contributed by atoms with van der Waals surface area (Å²) < 4.78 is 11.1. The van der Waals surface area contributed by atoms with E-state index >= 15 is 0 Å². The van der Waals surface area contributed by atoms with Gasteiger partial charge in [-0.2, -0.15) is 4.98 Å². The number of carbonyl (C=O) groups excluding carboxylic acids is 1. The second kappa shape index (κ2) is 6.25. The van der Waals surface area contributed by atoms with Crippen LogP contribution < -0.4 is 5.32 Å². The third kappa shape index (κ3) is 2.88. The van der Waals surface area contributed by atoms with Gasteiger partial charge >= 0.3 is 0 Å². The third-order valence-electron chi connectivity index (χ3n) is 5.14. The molecular weight excluding hydrogens is 332 g/mol. The van der Waals surface area contributed by atoms with E-state index in [1.165, 1.54) is 0 Å². The second-order valence-electron chi connectivity index (χ2n) is 7.09. The van der Waals surface area contributed by atoms with E-state index in [2.05, 4.69) is 26.4 Å². The number of furan rings is 1. The summed E-state index contributed by atoms with van der Waals surface area (Å²) in [5.41, 5.74) is 2.05. The van der Waals surface area contributed by atoms with Crippen molar-refractivity contribution in [3.63, 3.8) is 0 Å². The molecule has 7 heteroatoms. The molecule has 0 unspecified atom stereocenters. The van der Waals surface area contributed by atoms with E-state index in [1.807, 2.05) is 24.5 Å². The summed E-state index contributed by atoms with van der Waals surface area (Å²) in [6.45, 7) is 1.71. The summed E-state index contributed by atoms with van der Waals surface area (Å²) in [5, 5.41) is 7.90. The number of hydrogen-bond acceptors (Lipinski definition) is 6. The van der Waals surface area contributed by atoms with Crippen molar-refractivity contribution < 1.29 is 13.7 Å². The lowest BCUT2D eigenvalue weighted by molar-refractivity contribution is 0.0937. The van der Waals surface area contributed by atoms with Crippen molar-refractivity contribution >= 4 is 16.9 Å². The molecule has 0 radical (unpaired) electrons. The molecule has 26 heavy (non-hydrogen) atoms. The van der Waals surface area contributed by atoms with Crippen LogP contribution in [0.15, 0.2) is 39.5 Å². The minimum Gasteiger partial charge on any atom is -0.464 e. The molecule has 1 atom stereocenters. The lowest BCUT2D eigenvalue weighted by atomic mass is 10.1. The predicted octanol–water partition coefficient (Wildman–Crippen LogP) is 3.05. The average molecular weight is 352 g/mol. The normalized spacial score (nSPS) is 20.7. The van der Waals surface area contributed by atoms with E-state index in [1.54, 1.807) is 0 Å². The van der Waals surface area contributed by atoms with Gasteiger partial charge in [-0.25, -0.2) is 0 Å². The van der Waals surface area contributed by atoms with Crippen molar-refractivity contribution in [2.75, 3.05) is 6.54 Å². The van der Waals surface area contributed by atoms with Crippen LogP contribution in [-0.4, -0.2) is 33.5 Å². The second-order valence-corrected chi connectivity index (χ2v) is 7.09. The number of rotatable bonds is 5. The molecule has 3 aromatic rings. The molecule has 1 aromatic carbocycles. The Morgan fingerprint density at radius 1 is 1.27 bits per heavy atom. The maximum Gasteiger partial charge on any atom is 0.292 e. The zero-order valence-corrected chi connectivity index (χ0v) is 14.4. The topological polar surface area (TPSA) is 84.4 Å². The number of aromatic nitrogens is 2. The van der Waals surface area contributed by atoms with Gasteiger partial charge < -0.3 is 14.3 Å². The van der Waals surface area contributed by atoms with Crippen LogP contribution in [0.25, 0.3) is 11.0 Å². The van der Waals surface area contributed by atoms with Crippen LogP contribution >= 0.6 is 0 Å². The first-order chi connectivity index (χ1) is 12.8. The van der Waals surface area contributed by atoms with Gasteiger partial charge in [-0.3, -0.25) is 9.69 Å². The van der Waals surface area contributed by atoms with Crippen molar-refractivity contribution in [3.05, 3.63) is 47.8 Å². The molecule has 2 aromatic heterocycles. The number of benzene rings is 1. The largest absolute Gasteiger partial charge is 0.464 e. The molecule has 1 aliphatic heterocycles. The Morgan fingerprint density at radius 2 is 2.15 bits per heavy atom. The van der Waals surface area contributed by atoms with Gasteiger partial charge in [-0.15, -0.1) is 0 Å². The van der Waals surface area contributed by atoms with Crippen LogP contribution in [0.4, 0.5) is 0 Å². The van der Waals surface area contributed by atoms with Gasteiger partial charge in [0.15, 0.2) is 0 Å². The van der Waals surface area contributed by atoms with Gasteiger partial charge in [0.1, 0.15) is 5.58 Å². The predicted molar refractivity (Wildman–Crippen MR) is 93.4 cm³/mol. The van der Waals surface area contributed by atoms with Gasteiger partial charge in [0, 0.05) is 23.5 Å². The molecule has 0 bridgehead atoms. The first kappa shape index (κ1) is 15.6. The monoisotopic (exact) mass is 352 g/mol. The number of hydrogen-bond donors (Lipinski definition) is 1. The summed E-state index contributed by atoms with van der Waals surface area (Å²) in [6.07, 6.45) is 5.90. The van der Waals surface area contributed by atoms with E-state index in [0.29, 0.717) is 5.89 Å². The van der Waals surface area contributed by atoms with E-state index in [4.69, 9.17) is 8.94 Å². The molecule has 7 nitrogen and oxygen atoms in total. The highest BCUT2D eigenvalue weighted by atomic mass is 16.5. The molecule has 2 fully saturated rings. The number of nitrogens with one attached hydrogen (secondary N) is 1. The summed E-state index contributed by atoms with van der Waals surface area (Å²) in [7, 11) is 0. The number of amides is 1. The van der Waals surface area contributed by atoms with Crippen LogP contribution in [0, 0.1) is 0 Å². The molecule has 134 valence electrons. The van der Waals surface area contributed by atoms with E-state index in [9.17, 15) is 4.79 Å². The Labute approximate surface area is 150 Å². The minimum atomic E-state index is -0.243. The number of likely N-dealkylation sites (tertiary alicyclic amines) is 1. The maximum atomic E-state index is 12.1. The van der Waals surface area contributed by atoms with Gasteiger partial charge in [0.25, 0.3) is 11.7 Å². The van der Waals surface area contributed by atoms with Gasteiger partial charge in [0.05, 0.1) is 12.3 Å². The maximum absolute atomic E-state index is 12.1. The number of nitrogens with zero attached hydrogens (tertiary/aromatic N) is 3. The van der Waals surface area contributed by atoms with Crippen LogP contribution in [0.3, 0.4) is 0 Å². The fourth-order valence-electron chi connectivity index (χ4n) is 3.61. The first-order valence-corrected chi connectivity index (χ1v) is 9.11. The van der Waals surface area contributed by atoms with E-state index in [0.717, 1.165) is 55.3 Å². The first-order valence-electron chi connectivity index (χ1n) is 9.11. The smallest absolute Gasteiger partial charge is 0.292 e. The Bertz CT molecular complexity index is 943. The molecule has 1 aliphatic carbocycles. The third-order valence-corrected chi connectivity index (χ3v) is 5.14. The van der Waals surface area contributed by atoms with Crippen molar-refractivity contribution in [2.24, 2.45) is 0 Å². The van der Waals surface area contributed by atoms with Crippen LogP contribution in [-0.2, 0) is 6.54 Å². The van der Waals surface area contributed by atoms with Crippen molar-refractivity contribution in [2.45, 2.75) is 44.3 Å². The highest BCUT2D eigenvalue weighted by Gasteiger charge is 2.33. The summed E-state index contributed by atoms with van der Waals surface area (Å²) in [4.78, 5) is 18.8. The quantitative estimate of drug-likeness (QED) is 0.760. The fourth-order valence-corrected chi connectivity index (χ4v) is 3.61. The highest BCUT2D eigenvalue weighted by molar-refractivity contribution is 5.90. The number of fused-ring (bicyclic) bond motifs is 1. The molecule has 1 amide bonds. The van der Waals surface area contributed by atoms with Gasteiger partial charge in [-0.05, 0) is 38.3 Å². The molecular formula is C19H20N4O3. The van der Waals surface area contributed by atoms with Crippen molar-refractivity contribution in [1.29, 1.82) is 0 Å². The molecule has 3 heterocycles. The molecule has 1 saturated carbocycles.